The molecule has 2 N–H and O–H groups in total. The molecule has 34 heavy (non-hydrogen) atoms. The van der Waals surface area contributed by atoms with Crippen LogP contribution in [-0.2, 0) is 11.2 Å². The van der Waals surface area contributed by atoms with Crippen LogP contribution in [0, 0.1) is 20.8 Å². The fraction of sp³-hybridized carbons (Fsp3) is 0.222. The number of ether oxygens (including phenoxy) is 1. The lowest BCUT2D eigenvalue weighted by atomic mass is 10.0. The van der Waals surface area contributed by atoms with E-state index in [2.05, 4.69) is 20.5 Å². The molecule has 1 atom stereocenters. The number of aromatic amines is 1. The minimum Gasteiger partial charge on any atom is -0.497 e. The smallest absolute Gasteiger partial charge is 0.244 e. The summed E-state index contributed by atoms with van der Waals surface area (Å²) in [6, 6.07) is 15.3. The average Bonchev–Trinajstić information content (AvgIpc) is 3.42. The van der Waals surface area contributed by atoms with Gasteiger partial charge in [0.1, 0.15) is 23.0 Å². The predicted octanol–water partition coefficient (Wildman–Crippen LogP) is 5.11. The summed E-state index contributed by atoms with van der Waals surface area (Å²) in [5.74, 6) is 2.12. The van der Waals surface area contributed by atoms with Gasteiger partial charge < -0.3 is 14.5 Å². The monoisotopic (exact) mass is 456 g/mol. The highest BCUT2D eigenvalue weighted by Crippen LogP contribution is 2.28. The number of benzene rings is 1. The first-order valence-corrected chi connectivity index (χ1v) is 11.1. The number of aromatic nitrogens is 3. The summed E-state index contributed by atoms with van der Waals surface area (Å²) in [4.78, 5) is 17.6. The molecule has 4 aromatic rings. The second kappa shape index (κ2) is 10.2. The van der Waals surface area contributed by atoms with Crippen molar-refractivity contribution < 1.29 is 13.9 Å². The van der Waals surface area contributed by atoms with Crippen molar-refractivity contribution in [2.24, 2.45) is 0 Å². The Hall–Kier alpha value is -4.13. The van der Waals surface area contributed by atoms with Gasteiger partial charge in [-0.15, -0.1) is 0 Å². The third-order valence-electron chi connectivity index (χ3n) is 5.55. The number of carbonyl (C=O) groups is 1. The van der Waals surface area contributed by atoms with Gasteiger partial charge in [-0.05, 0) is 62.7 Å². The van der Waals surface area contributed by atoms with Gasteiger partial charge in [0.15, 0.2) is 0 Å². The van der Waals surface area contributed by atoms with Crippen molar-refractivity contribution >= 4 is 12.0 Å². The van der Waals surface area contributed by atoms with Gasteiger partial charge in [0.05, 0.1) is 13.2 Å². The first kappa shape index (κ1) is 23.0. The second-order valence-corrected chi connectivity index (χ2v) is 8.16. The van der Waals surface area contributed by atoms with Gasteiger partial charge >= 0.3 is 0 Å². The van der Waals surface area contributed by atoms with Crippen molar-refractivity contribution in [1.82, 2.24) is 20.5 Å². The quantitative estimate of drug-likeness (QED) is 0.359. The Morgan fingerprint density at radius 3 is 2.74 bits per heavy atom. The maximum atomic E-state index is 13.0. The molecule has 0 aliphatic carbocycles. The van der Waals surface area contributed by atoms with Gasteiger partial charge in [0.2, 0.25) is 5.91 Å². The molecule has 174 valence electrons. The molecule has 4 rings (SSSR count). The molecule has 0 spiro atoms. The highest BCUT2D eigenvalue weighted by Gasteiger charge is 2.17. The molecule has 0 fully saturated rings. The predicted molar refractivity (Wildman–Crippen MR) is 131 cm³/mol. The molecular weight excluding hydrogens is 428 g/mol. The van der Waals surface area contributed by atoms with Crippen molar-refractivity contribution in [3.8, 4) is 17.0 Å². The molecule has 0 bridgehead atoms. The second-order valence-electron chi connectivity index (χ2n) is 8.16. The van der Waals surface area contributed by atoms with Crippen LogP contribution in [0.1, 0.15) is 40.1 Å². The zero-order chi connectivity index (χ0) is 24.1. The Morgan fingerprint density at radius 2 is 2.00 bits per heavy atom. The standard InChI is InChI=1S/C27H28N4O3/c1-17-7-5-9-22(29-17)15-25(20-8-6-10-23(14-20)33-4)30-26(32)12-11-21-16-28-31-27(21)24-13-18(2)34-19(24)3/h5-14,16,25H,15H2,1-4H3,(H,28,31)(H,30,32). The number of furan rings is 1. The average molecular weight is 457 g/mol. The number of nitrogens with one attached hydrogen (secondary N) is 2. The molecule has 7 heteroatoms. The largest absolute Gasteiger partial charge is 0.497 e. The van der Waals surface area contributed by atoms with Crippen molar-refractivity contribution in [3.05, 3.63) is 94.8 Å². The molecular formula is C27H28N4O3. The van der Waals surface area contributed by atoms with Gasteiger partial charge in [-0.2, -0.15) is 5.10 Å². The van der Waals surface area contributed by atoms with Gasteiger partial charge in [0, 0.05) is 41.2 Å². The highest BCUT2D eigenvalue weighted by atomic mass is 16.5. The van der Waals surface area contributed by atoms with Crippen LogP contribution in [0.2, 0.25) is 0 Å². The molecule has 1 amide bonds. The van der Waals surface area contributed by atoms with Crippen molar-refractivity contribution in [2.45, 2.75) is 33.2 Å². The Bertz CT molecular complexity index is 1320. The minimum atomic E-state index is -0.274. The molecule has 0 saturated carbocycles. The molecule has 1 aromatic carbocycles. The lowest BCUT2D eigenvalue weighted by Crippen LogP contribution is -2.28. The third kappa shape index (κ3) is 5.43. The summed E-state index contributed by atoms with van der Waals surface area (Å²) in [6.07, 6.45) is 5.59. The first-order chi connectivity index (χ1) is 16.4. The summed E-state index contributed by atoms with van der Waals surface area (Å²) in [5.41, 5.74) is 5.23. The fourth-order valence-corrected chi connectivity index (χ4v) is 3.93. The SMILES string of the molecule is COc1cccc(C(Cc2cccc(C)n2)NC(=O)C=Cc2c[nH]nc2-c2cc(C)oc2C)c1. The Kier molecular flexibility index (Phi) is 6.92. The van der Waals surface area contributed by atoms with E-state index in [1.165, 1.54) is 6.08 Å². The summed E-state index contributed by atoms with van der Waals surface area (Å²) in [6.45, 7) is 5.75. The number of rotatable bonds is 8. The number of hydrogen-bond donors (Lipinski definition) is 2. The van der Waals surface area contributed by atoms with Crippen LogP contribution in [0.15, 0.2) is 65.2 Å². The zero-order valence-electron chi connectivity index (χ0n) is 19.8. The van der Waals surface area contributed by atoms with Crippen LogP contribution < -0.4 is 10.1 Å². The van der Waals surface area contributed by atoms with Crippen LogP contribution in [0.3, 0.4) is 0 Å². The van der Waals surface area contributed by atoms with E-state index in [-0.39, 0.29) is 11.9 Å². The Labute approximate surface area is 198 Å². The van der Waals surface area contributed by atoms with E-state index in [1.54, 1.807) is 19.4 Å². The number of methoxy groups -OCH3 is 1. The molecule has 1 unspecified atom stereocenters. The first-order valence-electron chi connectivity index (χ1n) is 11.1. The van der Waals surface area contributed by atoms with E-state index in [0.717, 1.165) is 51.0 Å². The van der Waals surface area contributed by atoms with Crippen LogP contribution in [0.4, 0.5) is 0 Å². The molecule has 0 radical (unpaired) electrons. The number of H-pyrrole nitrogens is 1. The number of carbonyl (C=O) groups excluding carboxylic acids is 1. The molecule has 0 aliphatic rings. The van der Waals surface area contributed by atoms with E-state index < -0.39 is 0 Å². The lowest BCUT2D eigenvalue weighted by Gasteiger charge is -2.19. The zero-order valence-corrected chi connectivity index (χ0v) is 19.8. The van der Waals surface area contributed by atoms with E-state index in [1.807, 2.05) is 69.3 Å². The fourth-order valence-electron chi connectivity index (χ4n) is 3.93. The molecule has 3 heterocycles. The summed E-state index contributed by atoms with van der Waals surface area (Å²) in [7, 11) is 1.63. The number of pyridine rings is 1. The van der Waals surface area contributed by atoms with Crippen molar-refractivity contribution in [3.63, 3.8) is 0 Å². The maximum Gasteiger partial charge on any atom is 0.244 e. The van der Waals surface area contributed by atoms with E-state index in [4.69, 9.17) is 9.15 Å². The maximum absolute atomic E-state index is 13.0. The number of nitrogens with zero attached hydrogens (tertiary/aromatic N) is 2. The Balaban J connectivity index is 1.56. The summed E-state index contributed by atoms with van der Waals surface area (Å²) < 4.78 is 11.0. The van der Waals surface area contributed by atoms with E-state index >= 15 is 0 Å². The number of amides is 1. The highest BCUT2D eigenvalue weighted by molar-refractivity contribution is 5.93. The van der Waals surface area contributed by atoms with Gasteiger partial charge in [-0.25, -0.2) is 0 Å². The minimum absolute atomic E-state index is 0.215. The lowest BCUT2D eigenvalue weighted by molar-refractivity contribution is -0.117. The molecule has 7 nitrogen and oxygen atoms in total. The van der Waals surface area contributed by atoms with Gasteiger partial charge in [-0.3, -0.25) is 14.9 Å². The van der Waals surface area contributed by atoms with Crippen LogP contribution >= 0.6 is 0 Å². The van der Waals surface area contributed by atoms with E-state index in [9.17, 15) is 4.79 Å². The summed E-state index contributed by atoms with van der Waals surface area (Å²) >= 11 is 0. The number of hydrogen-bond acceptors (Lipinski definition) is 5. The molecule has 3 aromatic heterocycles. The van der Waals surface area contributed by atoms with Crippen LogP contribution in [0.5, 0.6) is 5.75 Å². The normalized spacial score (nSPS) is 12.1. The molecule has 0 saturated heterocycles. The Morgan fingerprint density at radius 1 is 1.18 bits per heavy atom. The van der Waals surface area contributed by atoms with Crippen LogP contribution in [-0.4, -0.2) is 28.2 Å². The third-order valence-corrected chi connectivity index (χ3v) is 5.55. The van der Waals surface area contributed by atoms with E-state index in [0.29, 0.717) is 6.42 Å². The van der Waals surface area contributed by atoms with Gasteiger partial charge in [-0.1, -0.05) is 18.2 Å². The van der Waals surface area contributed by atoms with Crippen molar-refractivity contribution in [2.75, 3.05) is 7.11 Å². The summed E-state index contributed by atoms with van der Waals surface area (Å²) in [5, 5.41) is 10.3. The number of aryl methyl sites for hydroxylation is 3. The van der Waals surface area contributed by atoms with Gasteiger partial charge in [0.25, 0.3) is 0 Å². The topological polar surface area (TPSA) is 93.0 Å². The van der Waals surface area contributed by atoms with Crippen LogP contribution in [0.25, 0.3) is 17.3 Å². The molecule has 0 aliphatic heterocycles. The van der Waals surface area contributed by atoms with Crippen molar-refractivity contribution in [1.29, 1.82) is 0 Å².